The Balaban J connectivity index is 1.57. The molecule has 0 bridgehead atoms. The van der Waals surface area contributed by atoms with Crippen LogP contribution in [0.1, 0.15) is 66.9 Å². The first-order valence-corrected chi connectivity index (χ1v) is 10.0. The number of imide groups is 1. The Morgan fingerprint density at radius 3 is 2.86 bits per heavy atom. The number of carbonyl (C=O) groups is 4. The fourth-order valence-electron chi connectivity index (χ4n) is 3.57. The minimum Gasteiger partial charge on any atom is -0.341 e. The van der Waals surface area contributed by atoms with Gasteiger partial charge in [0.2, 0.25) is 11.8 Å². The lowest BCUT2D eigenvalue weighted by Gasteiger charge is -2.29. The third-order valence-electron chi connectivity index (χ3n) is 5.15. The fraction of sp³-hybridized carbons (Fsp3) is 0.455. The fourth-order valence-corrected chi connectivity index (χ4v) is 3.57. The second-order valence-electron chi connectivity index (χ2n) is 7.33. The average Bonchev–Trinajstić information content (AvgIpc) is 3.02. The standard InChI is InChI=1S/C22H25N3O4/c1-2-3-4-5-6-7-19(26)23-13-15-8-9-17-16(12-15)14-25(22(17)29)18-10-11-20(27)24-21(18)28/h8-9,12,18H,2-5,10-11,13-14H2,1H3,(H,23,26)(H,24,27,28). The van der Waals surface area contributed by atoms with Crippen LogP contribution in [0.3, 0.4) is 0 Å². The Hall–Kier alpha value is -3.14. The SMILES string of the molecule is CCCCCC#CC(=O)NCc1ccc2c(c1)CN(C1CCC(=O)NC1=O)C2=O. The van der Waals surface area contributed by atoms with Gasteiger partial charge in [0.05, 0.1) is 0 Å². The van der Waals surface area contributed by atoms with Gasteiger partial charge in [0, 0.05) is 31.5 Å². The number of fused-ring (bicyclic) bond motifs is 1. The zero-order valence-electron chi connectivity index (χ0n) is 16.5. The minimum atomic E-state index is -0.626. The van der Waals surface area contributed by atoms with E-state index in [4.69, 9.17) is 0 Å². The van der Waals surface area contributed by atoms with Gasteiger partial charge in [0.1, 0.15) is 6.04 Å². The molecule has 2 N–H and O–H groups in total. The number of nitrogens with one attached hydrogen (secondary N) is 2. The van der Waals surface area contributed by atoms with Gasteiger partial charge in [-0.3, -0.25) is 24.5 Å². The minimum absolute atomic E-state index is 0.206. The highest BCUT2D eigenvalue weighted by molar-refractivity contribution is 6.05. The Labute approximate surface area is 170 Å². The van der Waals surface area contributed by atoms with Crippen molar-refractivity contribution in [1.82, 2.24) is 15.5 Å². The maximum Gasteiger partial charge on any atom is 0.296 e. The maximum absolute atomic E-state index is 12.7. The Morgan fingerprint density at radius 1 is 1.28 bits per heavy atom. The predicted octanol–water partition coefficient (Wildman–Crippen LogP) is 1.65. The van der Waals surface area contributed by atoms with Crippen LogP contribution in [0.25, 0.3) is 0 Å². The highest BCUT2D eigenvalue weighted by Crippen LogP contribution is 2.28. The molecule has 7 nitrogen and oxygen atoms in total. The molecule has 1 aromatic rings. The van der Waals surface area contributed by atoms with Crippen molar-refractivity contribution in [3.05, 3.63) is 34.9 Å². The lowest BCUT2D eigenvalue weighted by Crippen LogP contribution is -2.52. The van der Waals surface area contributed by atoms with E-state index < -0.39 is 11.9 Å². The van der Waals surface area contributed by atoms with Crippen molar-refractivity contribution in [3.63, 3.8) is 0 Å². The van der Waals surface area contributed by atoms with Crippen molar-refractivity contribution in [3.8, 4) is 11.8 Å². The Morgan fingerprint density at radius 2 is 2.10 bits per heavy atom. The normalized spacial score (nSPS) is 18.0. The summed E-state index contributed by atoms with van der Waals surface area (Å²) in [5.41, 5.74) is 2.24. The summed E-state index contributed by atoms with van der Waals surface area (Å²) in [5.74, 6) is 4.22. The Kier molecular flexibility index (Phi) is 6.65. The number of nitrogens with zero attached hydrogens (tertiary/aromatic N) is 1. The molecule has 0 saturated carbocycles. The van der Waals surface area contributed by atoms with Gasteiger partial charge in [-0.15, -0.1) is 0 Å². The van der Waals surface area contributed by atoms with Crippen molar-refractivity contribution in [2.45, 2.75) is 64.6 Å². The molecule has 2 heterocycles. The van der Waals surface area contributed by atoms with Crippen LogP contribution >= 0.6 is 0 Å². The summed E-state index contributed by atoms with van der Waals surface area (Å²) < 4.78 is 0. The van der Waals surface area contributed by atoms with Gasteiger partial charge in [0.25, 0.3) is 11.8 Å². The van der Waals surface area contributed by atoms with Crippen molar-refractivity contribution in [2.24, 2.45) is 0 Å². The summed E-state index contributed by atoms with van der Waals surface area (Å²) in [6.45, 7) is 2.76. The molecular weight excluding hydrogens is 370 g/mol. The highest BCUT2D eigenvalue weighted by atomic mass is 16.2. The largest absolute Gasteiger partial charge is 0.341 e. The molecule has 152 valence electrons. The van der Waals surface area contributed by atoms with Crippen LogP contribution in [0, 0.1) is 11.8 Å². The molecule has 1 fully saturated rings. The summed E-state index contributed by atoms with van der Waals surface area (Å²) in [6, 6.07) is 4.76. The van der Waals surface area contributed by atoms with E-state index in [0.29, 0.717) is 25.1 Å². The van der Waals surface area contributed by atoms with Crippen LogP contribution in [0.4, 0.5) is 0 Å². The molecule has 29 heavy (non-hydrogen) atoms. The predicted molar refractivity (Wildman–Crippen MR) is 106 cm³/mol. The first kappa shape index (κ1) is 20.6. The summed E-state index contributed by atoms with van der Waals surface area (Å²) in [4.78, 5) is 49.4. The number of hydrogen-bond acceptors (Lipinski definition) is 4. The van der Waals surface area contributed by atoms with E-state index in [1.54, 1.807) is 12.1 Å². The number of hydrogen-bond donors (Lipinski definition) is 2. The van der Waals surface area contributed by atoms with Gasteiger partial charge in [-0.2, -0.15) is 0 Å². The summed E-state index contributed by atoms with van der Waals surface area (Å²) >= 11 is 0. The number of rotatable bonds is 6. The molecule has 0 spiro atoms. The van der Waals surface area contributed by atoms with E-state index in [0.717, 1.165) is 36.8 Å². The highest BCUT2D eigenvalue weighted by Gasteiger charge is 2.38. The molecule has 1 atom stereocenters. The molecule has 0 aromatic heterocycles. The van der Waals surface area contributed by atoms with Crippen LogP contribution < -0.4 is 10.6 Å². The van der Waals surface area contributed by atoms with E-state index in [1.807, 2.05) is 6.07 Å². The molecule has 3 rings (SSSR count). The molecule has 0 aliphatic carbocycles. The number of carbonyl (C=O) groups excluding carboxylic acids is 4. The third-order valence-corrected chi connectivity index (χ3v) is 5.15. The van der Waals surface area contributed by atoms with Crippen molar-refractivity contribution < 1.29 is 19.2 Å². The topological polar surface area (TPSA) is 95.6 Å². The van der Waals surface area contributed by atoms with E-state index in [1.165, 1.54) is 4.90 Å². The van der Waals surface area contributed by atoms with E-state index in [2.05, 4.69) is 29.4 Å². The van der Waals surface area contributed by atoms with Gasteiger partial charge >= 0.3 is 0 Å². The third kappa shape index (κ3) is 5.02. The number of amides is 4. The Bertz CT molecular complexity index is 897. The van der Waals surface area contributed by atoms with Crippen LogP contribution in [-0.2, 0) is 27.5 Å². The van der Waals surface area contributed by atoms with Gasteiger partial charge in [0.15, 0.2) is 0 Å². The van der Waals surface area contributed by atoms with Crippen molar-refractivity contribution >= 4 is 23.6 Å². The summed E-state index contributed by atoms with van der Waals surface area (Å²) in [7, 11) is 0. The molecule has 1 unspecified atom stereocenters. The van der Waals surface area contributed by atoms with Gasteiger partial charge in [-0.25, -0.2) is 0 Å². The summed E-state index contributed by atoms with van der Waals surface area (Å²) in [5, 5.41) is 5.06. The van der Waals surface area contributed by atoms with Crippen LogP contribution in [0.5, 0.6) is 0 Å². The lowest BCUT2D eigenvalue weighted by molar-refractivity contribution is -0.137. The van der Waals surface area contributed by atoms with Crippen molar-refractivity contribution in [1.29, 1.82) is 0 Å². The number of unbranched alkanes of at least 4 members (excludes halogenated alkanes) is 3. The molecular formula is C22H25N3O4. The van der Waals surface area contributed by atoms with E-state index >= 15 is 0 Å². The monoisotopic (exact) mass is 395 g/mol. The second-order valence-corrected chi connectivity index (χ2v) is 7.33. The number of benzene rings is 1. The average molecular weight is 395 g/mol. The number of piperidine rings is 1. The lowest BCUT2D eigenvalue weighted by atomic mass is 10.0. The maximum atomic E-state index is 12.7. The molecule has 4 amide bonds. The molecule has 1 aromatic carbocycles. The van der Waals surface area contributed by atoms with Crippen molar-refractivity contribution in [2.75, 3.05) is 0 Å². The molecule has 7 heteroatoms. The second kappa shape index (κ2) is 9.37. The van der Waals surface area contributed by atoms with Crippen LogP contribution in [0.2, 0.25) is 0 Å². The van der Waals surface area contributed by atoms with E-state index in [-0.39, 0.29) is 24.1 Å². The smallest absolute Gasteiger partial charge is 0.296 e. The van der Waals surface area contributed by atoms with Crippen LogP contribution in [-0.4, -0.2) is 34.6 Å². The molecule has 2 aliphatic rings. The molecule has 1 saturated heterocycles. The van der Waals surface area contributed by atoms with Gasteiger partial charge in [-0.1, -0.05) is 37.8 Å². The van der Waals surface area contributed by atoms with Gasteiger partial charge < -0.3 is 10.2 Å². The van der Waals surface area contributed by atoms with Crippen LogP contribution in [0.15, 0.2) is 18.2 Å². The molecule has 2 aliphatic heterocycles. The summed E-state index contributed by atoms with van der Waals surface area (Å²) in [6.07, 6.45) is 4.52. The zero-order valence-corrected chi connectivity index (χ0v) is 16.5. The molecule has 0 radical (unpaired) electrons. The van der Waals surface area contributed by atoms with E-state index in [9.17, 15) is 19.2 Å². The zero-order chi connectivity index (χ0) is 20.8. The quantitative estimate of drug-likeness (QED) is 0.435. The first-order chi connectivity index (χ1) is 14.0. The van der Waals surface area contributed by atoms with Gasteiger partial charge in [-0.05, 0) is 36.0 Å². The first-order valence-electron chi connectivity index (χ1n) is 10.0.